The highest BCUT2D eigenvalue weighted by Gasteiger charge is 2.50. The number of rotatable bonds is 5. The number of carbonyl (C=O) groups is 2. The fourth-order valence-corrected chi connectivity index (χ4v) is 4.99. The molecule has 2 unspecified atom stereocenters. The van der Waals surface area contributed by atoms with Crippen molar-refractivity contribution >= 4 is 11.9 Å². The lowest BCUT2D eigenvalue weighted by Crippen LogP contribution is -2.50. The summed E-state index contributed by atoms with van der Waals surface area (Å²) in [5.74, 6) is 1.45. The second kappa shape index (κ2) is 6.21. The lowest BCUT2D eigenvalue weighted by atomic mass is 9.55. The van der Waals surface area contributed by atoms with Crippen LogP contribution in [0.1, 0.15) is 52.9 Å². The first-order valence-electron chi connectivity index (χ1n) is 8.86. The molecule has 0 spiro atoms. The number of hydrogen-bond acceptors (Lipinski definition) is 4. The molecule has 0 aliphatic heterocycles. The van der Waals surface area contributed by atoms with Gasteiger partial charge in [-0.3, -0.25) is 9.59 Å². The Labute approximate surface area is 132 Å². The van der Waals surface area contributed by atoms with E-state index >= 15 is 0 Å². The van der Waals surface area contributed by atoms with Crippen molar-refractivity contribution in [1.29, 1.82) is 0 Å². The van der Waals surface area contributed by atoms with Crippen LogP contribution in [0.5, 0.6) is 0 Å². The van der Waals surface area contributed by atoms with E-state index in [1.807, 2.05) is 0 Å². The van der Waals surface area contributed by atoms with Gasteiger partial charge in [0.15, 0.2) is 0 Å². The third kappa shape index (κ3) is 2.89. The molecule has 0 aromatic rings. The van der Waals surface area contributed by atoms with Crippen LogP contribution < -0.4 is 0 Å². The standard InChI is InChI=1S/C18H28O4/c1-4-21-17(19)10(2)11(3)18(20)22-16-14-6-12-5-13(8-14)9-15(16)7-12/h10-16H,4-9H2,1-3H3. The Morgan fingerprint density at radius 2 is 1.41 bits per heavy atom. The first-order chi connectivity index (χ1) is 10.5. The Morgan fingerprint density at radius 3 is 1.91 bits per heavy atom. The van der Waals surface area contributed by atoms with E-state index in [0.717, 1.165) is 11.8 Å². The van der Waals surface area contributed by atoms with E-state index in [0.29, 0.717) is 18.4 Å². The molecule has 0 radical (unpaired) electrons. The van der Waals surface area contributed by atoms with Crippen molar-refractivity contribution in [3.8, 4) is 0 Å². The summed E-state index contributed by atoms with van der Waals surface area (Å²) < 4.78 is 10.9. The lowest BCUT2D eigenvalue weighted by Gasteiger charge is -2.53. The van der Waals surface area contributed by atoms with E-state index < -0.39 is 11.8 Å². The minimum absolute atomic E-state index is 0.0946. The molecule has 0 aromatic carbocycles. The molecular weight excluding hydrogens is 280 g/mol. The molecule has 4 aliphatic rings. The van der Waals surface area contributed by atoms with Crippen LogP contribution in [-0.4, -0.2) is 24.6 Å². The molecule has 4 fully saturated rings. The maximum atomic E-state index is 12.5. The Kier molecular flexibility index (Phi) is 4.47. The highest BCUT2D eigenvalue weighted by atomic mass is 16.5. The van der Waals surface area contributed by atoms with Gasteiger partial charge in [0.1, 0.15) is 6.10 Å². The molecule has 0 aromatic heterocycles. The number of esters is 2. The minimum Gasteiger partial charge on any atom is -0.466 e. The van der Waals surface area contributed by atoms with Crippen LogP contribution in [-0.2, 0) is 19.1 Å². The van der Waals surface area contributed by atoms with Crippen molar-refractivity contribution in [3.05, 3.63) is 0 Å². The summed E-state index contributed by atoms with van der Waals surface area (Å²) in [6.45, 7) is 5.66. The zero-order valence-corrected chi connectivity index (χ0v) is 13.9. The average molecular weight is 308 g/mol. The molecule has 124 valence electrons. The van der Waals surface area contributed by atoms with E-state index in [1.54, 1.807) is 20.8 Å². The Bertz CT molecular complexity index is 416. The van der Waals surface area contributed by atoms with Crippen molar-refractivity contribution in [2.24, 2.45) is 35.5 Å². The molecule has 4 aliphatic carbocycles. The van der Waals surface area contributed by atoms with E-state index in [9.17, 15) is 9.59 Å². The summed E-state index contributed by atoms with van der Waals surface area (Å²) in [7, 11) is 0. The molecule has 4 heteroatoms. The Balaban J connectivity index is 1.58. The third-order valence-corrected chi connectivity index (χ3v) is 6.17. The second-order valence-corrected chi connectivity index (χ2v) is 7.66. The molecule has 4 saturated carbocycles. The molecule has 4 nitrogen and oxygen atoms in total. The zero-order chi connectivity index (χ0) is 15.9. The molecule has 4 bridgehead atoms. The van der Waals surface area contributed by atoms with Crippen molar-refractivity contribution in [2.75, 3.05) is 6.61 Å². The first-order valence-corrected chi connectivity index (χ1v) is 8.86. The summed E-state index contributed by atoms with van der Waals surface area (Å²) in [6.07, 6.45) is 6.40. The average Bonchev–Trinajstić information content (AvgIpc) is 2.48. The highest BCUT2D eigenvalue weighted by molar-refractivity contribution is 5.81. The quantitative estimate of drug-likeness (QED) is 0.732. The van der Waals surface area contributed by atoms with Gasteiger partial charge in [0.25, 0.3) is 0 Å². The topological polar surface area (TPSA) is 52.6 Å². The van der Waals surface area contributed by atoms with E-state index in [1.165, 1.54) is 32.1 Å². The molecule has 0 heterocycles. The van der Waals surface area contributed by atoms with Gasteiger partial charge in [-0.1, -0.05) is 13.8 Å². The van der Waals surface area contributed by atoms with Crippen LogP contribution >= 0.6 is 0 Å². The summed E-state index contributed by atoms with van der Waals surface area (Å²) in [5, 5.41) is 0. The van der Waals surface area contributed by atoms with Gasteiger partial charge in [-0.15, -0.1) is 0 Å². The molecular formula is C18H28O4. The normalized spacial score (nSPS) is 38.4. The Morgan fingerprint density at radius 1 is 0.909 bits per heavy atom. The summed E-state index contributed by atoms with van der Waals surface area (Å²) in [5.41, 5.74) is 0. The fourth-order valence-electron chi connectivity index (χ4n) is 4.99. The lowest BCUT2D eigenvalue weighted by molar-refractivity contribution is -0.179. The van der Waals surface area contributed by atoms with Gasteiger partial charge in [-0.05, 0) is 62.7 Å². The van der Waals surface area contributed by atoms with Gasteiger partial charge >= 0.3 is 11.9 Å². The molecule has 0 saturated heterocycles. The predicted molar refractivity (Wildman–Crippen MR) is 81.9 cm³/mol. The maximum Gasteiger partial charge on any atom is 0.309 e. The van der Waals surface area contributed by atoms with Crippen molar-refractivity contribution in [2.45, 2.75) is 59.0 Å². The van der Waals surface area contributed by atoms with Crippen LogP contribution in [0.3, 0.4) is 0 Å². The van der Waals surface area contributed by atoms with Gasteiger partial charge in [0, 0.05) is 0 Å². The monoisotopic (exact) mass is 308 g/mol. The fraction of sp³-hybridized carbons (Fsp3) is 0.889. The van der Waals surface area contributed by atoms with Crippen LogP contribution in [0, 0.1) is 35.5 Å². The number of hydrogen-bond donors (Lipinski definition) is 0. The maximum absolute atomic E-state index is 12.5. The molecule has 2 atom stereocenters. The van der Waals surface area contributed by atoms with Gasteiger partial charge < -0.3 is 9.47 Å². The van der Waals surface area contributed by atoms with Crippen molar-refractivity contribution < 1.29 is 19.1 Å². The zero-order valence-electron chi connectivity index (χ0n) is 13.9. The van der Waals surface area contributed by atoms with Crippen LogP contribution in [0.25, 0.3) is 0 Å². The molecule has 0 N–H and O–H groups in total. The van der Waals surface area contributed by atoms with Gasteiger partial charge in [0.05, 0.1) is 18.4 Å². The summed E-state index contributed by atoms with van der Waals surface area (Å²) >= 11 is 0. The first kappa shape index (κ1) is 15.8. The third-order valence-electron chi connectivity index (χ3n) is 6.17. The predicted octanol–water partition coefficient (Wildman–Crippen LogP) is 3.19. The highest BCUT2D eigenvalue weighted by Crippen LogP contribution is 2.54. The van der Waals surface area contributed by atoms with Gasteiger partial charge in [-0.2, -0.15) is 0 Å². The molecule has 4 rings (SSSR count). The number of carbonyl (C=O) groups excluding carboxylic acids is 2. The minimum atomic E-state index is -0.440. The smallest absolute Gasteiger partial charge is 0.309 e. The SMILES string of the molecule is CCOC(=O)C(C)C(C)C(=O)OC1C2CC3CC(C2)CC1C3. The summed E-state index contributed by atoms with van der Waals surface area (Å²) in [6, 6.07) is 0. The Hall–Kier alpha value is -1.06. The number of ether oxygens (including phenoxy) is 2. The summed E-state index contributed by atoms with van der Waals surface area (Å²) in [4.78, 5) is 24.3. The van der Waals surface area contributed by atoms with Crippen LogP contribution in [0.2, 0.25) is 0 Å². The largest absolute Gasteiger partial charge is 0.466 e. The van der Waals surface area contributed by atoms with Crippen molar-refractivity contribution in [1.82, 2.24) is 0 Å². The van der Waals surface area contributed by atoms with E-state index in [-0.39, 0.29) is 18.0 Å². The van der Waals surface area contributed by atoms with Crippen molar-refractivity contribution in [3.63, 3.8) is 0 Å². The van der Waals surface area contributed by atoms with E-state index in [4.69, 9.17) is 9.47 Å². The molecule has 22 heavy (non-hydrogen) atoms. The molecule has 0 amide bonds. The van der Waals surface area contributed by atoms with Gasteiger partial charge in [-0.25, -0.2) is 0 Å². The van der Waals surface area contributed by atoms with E-state index in [2.05, 4.69) is 0 Å². The van der Waals surface area contributed by atoms with Crippen LogP contribution in [0.15, 0.2) is 0 Å². The second-order valence-electron chi connectivity index (χ2n) is 7.66. The van der Waals surface area contributed by atoms with Crippen LogP contribution in [0.4, 0.5) is 0 Å². The van der Waals surface area contributed by atoms with Gasteiger partial charge in [0.2, 0.25) is 0 Å².